The van der Waals surface area contributed by atoms with Crippen LogP contribution in [0.3, 0.4) is 0 Å². The molecular weight excluding hydrogens is 494 g/mol. The third-order valence-electron chi connectivity index (χ3n) is 6.54. The minimum Gasteiger partial charge on any atom is -0.467 e. The Bertz CT molecular complexity index is 1530. The van der Waals surface area contributed by atoms with E-state index in [9.17, 15) is 9.65 Å². The van der Waals surface area contributed by atoms with Gasteiger partial charge in [-0.05, 0) is 37.6 Å². The zero-order valence-corrected chi connectivity index (χ0v) is 20.7. The highest BCUT2D eigenvalue weighted by Crippen LogP contribution is 2.45. The molecule has 1 aliphatic heterocycles. The Balaban J connectivity index is 1.81. The van der Waals surface area contributed by atoms with E-state index in [0.717, 1.165) is 24.3 Å². The van der Waals surface area contributed by atoms with Crippen molar-refractivity contribution in [1.29, 1.82) is 5.26 Å². The number of fused-ring (bicyclic) bond motifs is 2. The van der Waals surface area contributed by atoms with E-state index in [2.05, 4.69) is 22.2 Å². The minimum atomic E-state index is -0.720. The van der Waals surface area contributed by atoms with Crippen LogP contribution in [-0.2, 0) is 0 Å². The molecule has 0 saturated carbocycles. The lowest BCUT2D eigenvalue weighted by Gasteiger charge is -2.29. The molecule has 0 amide bonds. The molecule has 3 N–H and O–H groups in total. The Hall–Kier alpha value is -3.26. The third-order valence-corrected chi connectivity index (χ3v) is 7.86. The number of rotatable bonds is 4. The van der Waals surface area contributed by atoms with Gasteiger partial charge in [-0.3, -0.25) is 0 Å². The second-order valence-corrected chi connectivity index (χ2v) is 9.90. The van der Waals surface area contributed by atoms with Crippen LogP contribution in [0.15, 0.2) is 18.2 Å². The van der Waals surface area contributed by atoms with Crippen LogP contribution in [0.4, 0.5) is 19.6 Å². The summed E-state index contributed by atoms with van der Waals surface area (Å²) in [6.45, 7) is 2.95. The number of anilines is 2. The van der Waals surface area contributed by atoms with Crippen molar-refractivity contribution in [3.05, 3.63) is 40.4 Å². The molecule has 3 heterocycles. The average Bonchev–Trinajstić information content (AvgIpc) is 3.42. The molecule has 1 unspecified atom stereocenters. The highest BCUT2D eigenvalue weighted by molar-refractivity contribution is 7.23. The number of nitriles is 1. The number of ether oxygens (including phenoxy) is 1. The van der Waals surface area contributed by atoms with Crippen LogP contribution in [0.25, 0.3) is 32.1 Å². The number of likely N-dealkylation sites (N-methyl/N-ethyl adjacent to an activating group) is 1. The van der Waals surface area contributed by atoms with Gasteiger partial charge in [0.25, 0.3) is 0 Å². The van der Waals surface area contributed by atoms with Gasteiger partial charge in [-0.15, -0.1) is 11.3 Å². The Kier molecular flexibility index (Phi) is 5.87. The summed E-state index contributed by atoms with van der Waals surface area (Å²) in [6, 6.07) is 6.56. The maximum Gasteiger partial charge on any atom is 0.318 e. The van der Waals surface area contributed by atoms with Gasteiger partial charge in [-0.25, -0.2) is 8.78 Å². The standard InChI is InChI=1S/C24H21ClF2N6OS/c1-10-16(6-7-30-10)33(2)23-12-8-14(25)18(19(27)20(12)31-24(32-23)34-3)11-4-5-15(26)21-17(11)13(9-28)22(29)35-21/h4-5,8,10,16,30H,6-7,29H2,1-3H3/t10-,16?/m1/s1. The number of halogens is 3. The van der Waals surface area contributed by atoms with Gasteiger partial charge in [-0.1, -0.05) is 17.7 Å². The molecule has 7 nitrogen and oxygen atoms in total. The summed E-state index contributed by atoms with van der Waals surface area (Å²) in [5, 5.41) is 13.9. The molecule has 2 aromatic heterocycles. The number of thiophene rings is 1. The molecular formula is C24H21ClF2N6OS. The van der Waals surface area contributed by atoms with Crippen LogP contribution >= 0.6 is 22.9 Å². The van der Waals surface area contributed by atoms with E-state index in [4.69, 9.17) is 22.1 Å². The van der Waals surface area contributed by atoms with Gasteiger partial charge in [0.2, 0.25) is 0 Å². The number of aromatic nitrogens is 2. The quantitative estimate of drug-likeness (QED) is 0.391. The van der Waals surface area contributed by atoms with Crippen molar-refractivity contribution in [2.24, 2.45) is 0 Å². The van der Waals surface area contributed by atoms with Gasteiger partial charge in [0, 0.05) is 35.5 Å². The van der Waals surface area contributed by atoms with Crippen LogP contribution in [0.5, 0.6) is 6.01 Å². The maximum atomic E-state index is 16.2. The van der Waals surface area contributed by atoms with Gasteiger partial charge in [0.15, 0.2) is 5.82 Å². The molecule has 0 aliphatic carbocycles. The van der Waals surface area contributed by atoms with Crippen molar-refractivity contribution < 1.29 is 13.5 Å². The van der Waals surface area contributed by atoms with Gasteiger partial charge >= 0.3 is 6.01 Å². The Morgan fingerprint density at radius 3 is 2.77 bits per heavy atom. The van der Waals surface area contributed by atoms with E-state index in [1.165, 1.54) is 19.2 Å². The normalized spacial score (nSPS) is 17.7. The molecule has 1 saturated heterocycles. The van der Waals surface area contributed by atoms with Gasteiger partial charge in [0.05, 0.1) is 22.4 Å². The Morgan fingerprint density at radius 1 is 1.34 bits per heavy atom. The fourth-order valence-electron chi connectivity index (χ4n) is 4.81. The molecule has 5 rings (SSSR count). The lowest BCUT2D eigenvalue weighted by molar-refractivity contribution is 0.381. The number of methoxy groups -OCH3 is 1. The number of hydrogen-bond acceptors (Lipinski definition) is 8. The number of benzene rings is 2. The average molecular weight is 515 g/mol. The number of nitrogens with one attached hydrogen (secondary N) is 1. The lowest BCUT2D eigenvalue weighted by atomic mass is 9.97. The molecule has 180 valence electrons. The van der Waals surface area contributed by atoms with E-state index in [0.29, 0.717) is 11.2 Å². The predicted molar refractivity (Wildman–Crippen MR) is 135 cm³/mol. The molecule has 1 fully saturated rings. The summed E-state index contributed by atoms with van der Waals surface area (Å²) in [6.07, 6.45) is 0.893. The van der Waals surface area contributed by atoms with Crippen molar-refractivity contribution in [2.45, 2.75) is 25.4 Å². The number of nitrogens with two attached hydrogens (primary N) is 1. The van der Waals surface area contributed by atoms with Crippen LogP contribution in [0, 0.1) is 23.0 Å². The van der Waals surface area contributed by atoms with Crippen molar-refractivity contribution >= 4 is 54.7 Å². The maximum absolute atomic E-state index is 16.2. The van der Waals surface area contributed by atoms with Crippen LogP contribution in [0.1, 0.15) is 18.9 Å². The number of nitrogens with zero attached hydrogens (tertiary/aromatic N) is 4. The zero-order chi connectivity index (χ0) is 25.0. The van der Waals surface area contributed by atoms with E-state index in [-0.39, 0.29) is 60.4 Å². The smallest absolute Gasteiger partial charge is 0.318 e. The third kappa shape index (κ3) is 3.62. The van der Waals surface area contributed by atoms with Crippen molar-refractivity contribution in [1.82, 2.24) is 15.3 Å². The molecule has 0 spiro atoms. The molecule has 0 bridgehead atoms. The van der Waals surface area contributed by atoms with E-state index in [1.807, 2.05) is 18.0 Å². The van der Waals surface area contributed by atoms with Gasteiger partial charge in [0.1, 0.15) is 28.2 Å². The van der Waals surface area contributed by atoms with E-state index >= 15 is 4.39 Å². The van der Waals surface area contributed by atoms with Crippen molar-refractivity contribution in [3.8, 4) is 23.2 Å². The monoisotopic (exact) mass is 514 g/mol. The molecule has 11 heteroatoms. The summed E-state index contributed by atoms with van der Waals surface area (Å²) < 4.78 is 36.2. The molecule has 2 aromatic carbocycles. The Morgan fingerprint density at radius 2 is 2.11 bits per heavy atom. The summed E-state index contributed by atoms with van der Waals surface area (Å²) in [5.74, 6) is -0.782. The fourth-order valence-corrected chi connectivity index (χ4v) is 6.05. The van der Waals surface area contributed by atoms with Gasteiger partial charge in [-0.2, -0.15) is 15.2 Å². The predicted octanol–water partition coefficient (Wildman–Crippen LogP) is 5.09. The second kappa shape index (κ2) is 8.75. The first kappa shape index (κ1) is 23.5. The molecule has 1 aliphatic rings. The number of hydrogen-bond donors (Lipinski definition) is 2. The first-order chi connectivity index (χ1) is 16.8. The summed E-state index contributed by atoms with van der Waals surface area (Å²) in [4.78, 5) is 10.8. The minimum absolute atomic E-state index is 0.00345. The van der Waals surface area contributed by atoms with Crippen molar-refractivity contribution in [2.75, 3.05) is 31.3 Å². The molecule has 0 radical (unpaired) electrons. The van der Waals surface area contributed by atoms with Crippen LogP contribution in [-0.4, -0.2) is 42.8 Å². The van der Waals surface area contributed by atoms with Gasteiger partial charge < -0.3 is 20.7 Å². The number of nitrogen functional groups attached to an aromatic ring is 1. The molecule has 4 aromatic rings. The van der Waals surface area contributed by atoms with E-state index < -0.39 is 11.6 Å². The second-order valence-electron chi connectivity index (χ2n) is 8.44. The first-order valence-corrected chi connectivity index (χ1v) is 12.1. The van der Waals surface area contributed by atoms with Crippen LogP contribution < -0.4 is 20.7 Å². The summed E-state index contributed by atoms with van der Waals surface area (Å²) in [7, 11) is 3.31. The van der Waals surface area contributed by atoms with Crippen LogP contribution in [0.2, 0.25) is 5.02 Å². The molecule has 35 heavy (non-hydrogen) atoms. The SMILES string of the molecule is COc1nc(N(C)C2CCN[C@@H]2C)c2cc(Cl)c(-c3ccc(F)c4sc(N)c(C#N)c34)c(F)c2n1. The topological polar surface area (TPSA) is 100 Å². The summed E-state index contributed by atoms with van der Waals surface area (Å²) in [5.41, 5.74) is 6.32. The lowest BCUT2D eigenvalue weighted by Crippen LogP contribution is -2.40. The van der Waals surface area contributed by atoms with Crippen molar-refractivity contribution in [3.63, 3.8) is 0 Å². The highest BCUT2D eigenvalue weighted by Gasteiger charge is 2.30. The highest BCUT2D eigenvalue weighted by atomic mass is 35.5. The van der Waals surface area contributed by atoms with E-state index in [1.54, 1.807) is 6.07 Å². The fraction of sp³-hybridized carbons (Fsp3) is 0.292. The zero-order valence-electron chi connectivity index (χ0n) is 19.1. The molecule has 2 atom stereocenters. The first-order valence-electron chi connectivity index (χ1n) is 10.9. The Labute approximate surface area is 209 Å². The largest absolute Gasteiger partial charge is 0.467 e. The summed E-state index contributed by atoms with van der Waals surface area (Å²) >= 11 is 7.60.